The lowest BCUT2D eigenvalue weighted by molar-refractivity contribution is -0.134. The first-order valence-electron chi connectivity index (χ1n) is 7.60. The van der Waals surface area contributed by atoms with Gasteiger partial charge in [0.15, 0.2) is 0 Å². The molecule has 1 aliphatic heterocycles. The number of nitrogens with zero attached hydrogens (tertiary/aromatic N) is 1. The van der Waals surface area contributed by atoms with Crippen LogP contribution in [0.3, 0.4) is 0 Å². The lowest BCUT2D eigenvalue weighted by atomic mass is 10.0. The number of likely N-dealkylation sites (tertiary alicyclic amines) is 1. The summed E-state index contributed by atoms with van der Waals surface area (Å²) in [5.74, 6) is 0.308. The monoisotopic (exact) mass is 270 g/mol. The minimum absolute atomic E-state index is 0.308. The number of hydrogen-bond acceptors (Lipinski definition) is 1. The maximum Gasteiger partial charge on any atom is 0.223 e. The molecule has 1 aromatic carbocycles. The molecule has 1 N–H and O–H groups in total. The Morgan fingerprint density at radius 3 is 3.05 bits per heavy atom. The summed E-state index contributed by atoms with van der Waals surface area (Å²) in [7, 11) is 0. The maximum absolute atomic E-state index is 12.4. The van der Waals surface area contributed by atoms with Crippen molar-refractivity contribution >= 4 is 16.8 Å². The van der Waals surface area contributed by atoms with Crippen molar-refractivity contribution in [1.29, 1.82) is 0 Å². The molecule has 0 saturated carbocycles. The van der Waals surface area contributed by atoms with Crippen LogP contribution in [0.2, 0.25) is 0 Å². The van der Waals surface area contributed by atoms with Gasteiger partial charge >= 0.3 is 0 Å². The average molecular weight is 270 g/mol. The predicted octanol–water partition coefficient (Wildman–Crippen LogP) is 3.50. The molecular formula is C17H22N2O. The van der Waals surface area contributed by atoms with Crippen LogP contribution in [0.15, 0.2) is 30.5 Å². The fraction of sp³-hybridized carbons (Fsp3) is 0.471. The molecule has 3 rings (SSSR count). The topological polar surface area (TPSA) is 36.1 Å². The van der Waals surface area contributed by atoms with Gasteiger partial charge in [0.25, 0.3) is 0 Å². The van der Waals surface area contributed by atoms with E-state index in [1.54, 1.807) is 0 Å². The van der Waals surface area contributed by atoms with Gasteiger partial charge in [0.2, 0.25) is 5.91 Å². The van der Waals surface area contributed by atoms with Crippen molar-refractivity contribution in [2.24, 2.45) is 0 Å². The molecule has 0 bridgehead atoms. The fourth-order valence-corrected chi connectivity index (χ4v) is 3.19. The van der Waals surface area contributed by atoms with Gasteiger partial charge in [-0.15, -0.1) is 0 Å². The minimum Gasteiger partial charge on any atom is -0.361 e. The van der Waals surface area contributed by atoms with Crippen LogP contribution in [0.4, 0.5) is 0 Å². The zero-order chi connectivity index (χ0) is 13.9. The number of rotatable bonds is 3. The number of carbonyl (C=O) groups excluding carboxylic acids is 1. The molecule has 0 spiro atoms. The summed E-state index contributed by atoms with van der Waals surface area (Å²) in [6, 6.07) is 8.69. The van der Waals surface area contributed by atoms with Gasteiger partial charge in [-0.3, -0.25) is 4.79 Å². The van der Waals surface area contributed by atoms with Gasteiger partial charge in [0.05, 0.1) is 0 Å². The average Bonchev–Trinajstić information content (AvgIpc) is 2.88. The molecule has 1 unspecified atom stereocenters. The van der Waals surface area contributed by atoms with Crippen LogP contribution < -0.4 is 0 Å². The number of aromatic amines is 1. The van der Waals surface area contributed by atoms with Gasteiger partial charge in [-0.2, -0.15) is 0 Å². The Balaban J connectivity index is 1.65. The number of carbonyl (C=O) groups is 1. The number of hydrogen-bond donors (Lipinski definition) is 1. The van der Waals surface area contributed by atoms with E-state index in [4.69, 9.17) is 0 Å². The van der Waals surface area contributed by atoms with Gasteiger partial charge in [-0.25, -0.2) is 0 Å². The number of aryl methyl sites for hydroxylation is 1. The largest absolute Gasteiger partial charge is 0.361 e. The van der Waals surface area contributed by atoms with E-state index in [9.17, 15) is 4.79 Å². The van der Waals surface area contributed by atoms with E-state index in [0.717, 1.165) is 31.3 Å². The Labute approximate surface area is 120 Å². The summed E-state index contributed by atoms with van der Waals surface area (Å²) in [4.78, 5) is 17.7. The van der Waals surface area contributed by atoms with Crippen molar-refractivity contribution < 1.29 is 4.79 Å². The molecule has 1 amide bonds. The van der Waals surface area contributed by atoms with Crippen molar-refractivity contribution in [3.8, 4) is 0 Å². The van der Waals surface area contributed by atoms with Crippen molar-refractivity contribution in [3.05, 3.63) is 36.0 Å². The molecule has 0 radical (unpaired) electrons. The van der Waals surface area contributed by atoms with Gasteiger partial charge in [-0.05, 0) is 44.2 Å². The van der Waals surface area contributed by atoms with Gasteiger partial charge in [-0.1, -0.05) is 18.2 Å². The number of fused-ring (bicyclic) bond motifs is 1. The highest BCUT2D eigenvalue weighted by atomic mass is 16.2. The summed E-state index contributed by atoms with van der Waals surface area (Å²) >= 11 is 0. The summed E-state index contributed by atoms with van der Waals surface area (Å²) < 4.78 is 0. The zero-order valence-corrected chi connectivity index (χ0v) is 12.1. The number of H-pyrrole nitrogens is 1. The first-order chi connectivity index (χ1) is 9.75. The number of amides is 1. The third-order valence-electron chi connectivity index (χ3n) is 4.41. The molecule has 1 aromatic heterocycles. The quantitative estimate of drug-likeness (QED) is 0.910. The molecule has 2 heterocycles. The van der Waals surface area contributed by atoms with E-state index in [1.807, 2.05) is 18.3 Å². The molecule has 1 aliphatic rings. The number of nitrogens with one attached hydrogen (secondary N) is 1. The Hall–Kier alpha value is -1.77. The summed E-state index contributed by atoms with van der Waals surface area (Å²) in [5.41, 5.74) is 2.40. The standard InChI is InChI=1S/C17H22N2O/c1-13-6-4-5-11-19(13)17(20)10-9-14-12-18-16-8-3-2-7-15(14)16/h2-3,7-8,12-13,18H,4-6,9-11H2,1H3. The summed E-state index contributed by atoms with van der Waals surface area (Å²) in [5, 5.41) is 1.24. The van der Waals surface area contributed by atoms with Crippen molar-refractivity contribution in [2.45, 2.75) is 45.1 Å². The van der Waals surface area contributed by atoms with Crippen LogP contribution in [-0.2, 0) is 11.2 Å². The molecule has 3 heteroatoms. The van der Waals surface area contributed by atoms with Crippen molar-refractivity contribution in [1.82, 2.24) is 9.88 Å². The second-order valence-electron chi connectivity index (χ2n) is 5.79. The van der Waals surface area contributed by atoms with Crippen molar-refractivity contribution in [2.75, 3.05) is 6.54 Å². The molecule has 1 fully saturated rings. The van der Waals surface area contributed by atoms with Gasteiger partial charge < -0.3 is 9.88 Å². The lowest BCUT2D eigenvalue weighted by Gasteiger charge is -2.33. The SMILES string of the molecule is CC1CCCCN1C(=O)CCc1c[nH]c2ccccc12. The maximum atomic E-state index is 12.4. The highest BCUT2D eigenvalue weighted by Gasteiger charge is 2.22. The van der Waals surface area contributed by atoms with Crippen molar-refractivity contribution in [3.63, 3.8) is 0 Å². The van der Waals surface area contributed by atoms with Gasteiger partial charge in [0.1, 0.15) is 0 Å². The van der Waals surface area contributed by atoms with Crippen LogP contribution in [0, 0.1) is 0 Å². The third kappa shape index (κ3) is 2.58. The fourth-order valence-electron chi connectivity index (χ4n) is 3.19. The third-order valence-corrected chi connectivity index (χ3v) is 4.41. The zero-order valence-electron chi connectivity index (χ0n) is 12.1. The number of para-hydroxylation sites is 1. The van der Waals surface area contributed by atoms with Crippen LogP contribution in [0.1, 0.15) is 38.2 Å². The normalized spacial score (nSPS) is 19.4. The Bertz CT molecular complexity index is 602. The second-order valence-corrected chi connectivity index (χ2v) is 5.79. The van der Waals surface area contributed by atoms with E-state index in [1.165, 1.54) is 17.4 Å². The van der Waals surface area contributed by atoms with E-state index < -0.39 is 0 Å². The molecule has 3 nitrogen and oxygen atoms in total. The predicted molar refractivity (Wildman–Crippen MR) is 81.6 cm³/mol. The summed E-state index contributed by atoms with van der Waals surface area (Å²) in [6.45, 7) is 3.11. The molecule has 0 aliphatic carbocycles. The first-order valence-corrected chi connectivity index (χ1v) is 7.60. The van der Waals surface area contributed by atoms with E-state index in [-0.39, 0.29) is 0 Å². The Morgan fingerprint density at radius 1 is 1.35 bits per heavy atom. The van der Waals surface area contributed by atoms with E-state index in [0.29, 0.717) is 18.4 Å². The molecule has 1 atom stereocenters. The molecule has 20 heavy (non-hydrogen) atoms. The van der Waals surface area contributed by atoms with E-state index >= 15 is 0 Å². The van der Waals surface area contributed by atoms with Crippen LogP contribution in [-0.4, -0.2) is 28.4 Å². The second kappa shape index (κ2) is 5.70. The van der Waals surface area contributed by atoms with Gasteiger partial charge in [0, 0.05) is 36.1 Å². The summed E-state index contributed by atoms with van der Waals surface area (Å²) in [6.07, 6.45) is 7.05. The van der Waals surface area contributed by atoms with Crippen LogP contribution in [0.5, 0.6) is 0 Å². The van der Waals surface area contributed by atoms with Crippen LogP contribution >= 0.6 is 0 Å². The van der Waals surface area contributed by atoms with Crippen LogP contribution in [0.25, 0.3) is 10.9 Å². The lowest BCUT2D eigenvalue weighted by Crippen LogP contribution is -2.42. The Kier molecular flexibility index (Phi) is 3.77. The number of piperidine rings is 1. The Morgan fingerprint density at radius 2 is 2.20 bits per heavy atom. The number of aromatic nitrogens is 1. The molecular weight excluding hydrogens is 248 g/mol. The first kappa shape index (κ1) is 13.2. The number of benzene rings is 1. The molecule has 2 aromatic rings. The molecule has 1 saturated heterocycles. The van der Waals surface area contributed by atoms with E-state index in [2.05, 4.69) is 28.9 Å². The highest BCUT2D eigenvalue weighted by molar-refractivity contribution is 5.84. The minimum atomic E-state index is 0.308. The highest BCUT2D eigenvalue weighted by Crippen LogP contribution is 2.21. The smallest absolute Gasteiger partial charge is 0.223 e. The molecule has 106 valence electrons.